The van der Waals surface area contributed by atoms with Gasteiger partial charge < -0.3 is 5.11 Å². The maximum Gasteiger partial charge on any atom is 0.327 e. The van der Waals surface area contributed by atoms with Gasteiger partial charge in [-0.25, -0.2) is 8.78 Å². The highest BCUT2D eigenvalue weighted by Crippen LogP contribution is 2.23. The number of aliphatic carboxylic acids is 1. The molecule has 1 aromatic rings. The van der Waals surface area contributed by atoms with E-state index >= 15 is 0 Å². The molecular weight excluding hydrogens is 315 g/mol. The van der Waals surface area contributed by atoms with Crippen LogP contribution in [0, 0.1) is 23.0 Å². The monoisotopic (exact) mass is 319 g/mol. The molecule has 104 valence electrons. The van der Waals surface area contributed by atoms with Crippen molar-refractivity contribution < 1.29 is 18.7 Å². The molecule has 0 fully saturated rings. The SMILES string of the molecule is N#Cc1cc(F)c(N=NC=C(Cl)C(Cl)C(=O)O)cc1F. The Kier molecular flexibility index (Phi) is 5.55. The van der Waals surface area contributed by atoms with Crippen molar-refractivity contribution in [1.29, 1.82) is 5.26 Å². The van der Waals surface area contributed by atoms with Crippen molar-refractivity contribution in [3.05, 3.63) is 40.6 Å². The molecule has 0 spiro atoms. The van der Waals surface area contributed by atoms with E-state index in [0.717, 1.165) is 6.20 Å². The lowest BCUT2D eigenvalue weighted by Crippen LogP contribution is -2.12. The number of carboxylic acids is 1. The van der Waals surface area contributed by atoms with Gasteiger partial charge in [0.25, 0.3) is 0 Å². The zero-order valence-electron chi connectivity index (χ0n) is 9.52. The molecule has 0 heterocycles. The lowest BCUT2D eigenvalue weighted by molar-refractivity contribution is -0.135. The van der Waals surface area contributed by atoms with E-state index in [0.29, 0.717) is 12.1 Å². The van der Waals surface area contributed by atoms with Gasteiger partial charge in [-0.2, -0.15) is 10.4 Å². The number of halogens is 4. The highest BCUT2D eigenvalue weighted by atomic mass is 35.5. The average Bonchev–Trinajstić information content (AvgIpc) is 2.40. The van der Waals surface area contributed by atoms with Gasteiger partial charge in [0, 0.05) is 6.07 Å². The van der Waals surface area contributed by atoms with E-state index < -0.39 is 34.2 Å². The fourth-order valence-electron chi connectivity index (χ4n) is 1.03. The molecule has 5 nitrogen and oxygen atoms in total. The molecule has 20 heavy (non-hydrogen) atoms. The number of azo groups is 1. The van der Waals surface area contributed by atoms with Crippen LogP contribution in [0.15, 0.2) is 33.6 Å². The average molecular weight is 320 g/mol. The maximum atomic E-state index is 13.4. The van der Waals surface area contributed by atoms with Crippen LogP contribution < -0.4 is 0 Å². The molecule has 1 unspecified atom stereocenters. The molecule has 1 rings (SSSR count). The smallest absolute Gasteiger partial charge is 0.327 e. The second-order valence-electron chi connectivity index (χ2n) is 3.33. The van der Waals surface area contributed by atoms with Crippen LogP contribution in [0.3, 0.4) is 0 Å². The molecule has 0 aromatic heterocycles. The number of carbonyl (C=O) groups is 1. The normalized spacial score (nSPS) is 13.2. The molecule has 0 aliphatic rings. The summed E-state index contributed by atoms with van der Waals surface area (Å²) in [6, 6.07) is 2.80. The molecule has 0 aliphatic carbocycles. The van der Waals surface area contributed by atoms with Crippen LogP contribution in [0.4, 0.5) is 14.5 Å². The summed E-state index contributed by atoms with van der Waals surface area (Å²) in [5, 5.41) is 21.8. The van der Waals surface area contributed by atoms with Gasteiger partial charge >= 0.3 is 5.97 Å². The molecule has 0 saturated carbocycles. The largest absolute Gasteiger partial charge is 0.480 e. The molecular formula is C11H5Cl2F2N3O2. The summed E-state index contributed by atoms with van der Waals surface area (Å²) in [5.74, 6) is -3.31. The highest BCUT2D eigenvalue weighted by molar-refractivity contribution is 6.42. The highest BCUT2D eigenvalue weighted by Gasteiger charge is 2.17. The molecule has 0 saturated heterocycles. The van der Waals surface area contributed by atoms with Crippen molar-refractivity contribution in [1.82, 2.24) is 0 Å². The summed E-state index contributed by atoms with van der Waals surface area (Å²) in [6.45, 7) is 0. The first-order valence-corrected chi connectivity index (χ1v) is 5.70. The van der Waals surface area contributed by atoms with Gasteiger partial charge in [-0.3, -0.25) is 4.79 Å². The second-order valence-corrected chi connectivity index (χ2v) is 4.20. The number of hydrogen-bond acceptors (Lipinski definition) is 4. The fraction of sp³-hybridized carbons (Fsp3) is 0.0909. The summed E-state index contributed by atoms with van der Waals surface area (Å²) in [5.41, 5.74) is -0.939. The van der Waals surface area contributed by atoms with Crippen molar-refractivity contribution in [3.8, 4) is 6.07 Å². The summed E-state index contributed by atoms with van der Waals surface area (Å²) in [6.07, 6.45) is 0.795. The molecule has 1 N–H and O–H groups in total. The Morgan fingerprint density at radius 2 is 2.10 bits per heavy atom. The summed E-state index contributed by atoms with van der Waals surface area (Å²) < 4.78 is 26.6. The standard InChI is InChI=1S/C11H5Cl2F2N3O2/c12-6(10(13)11(19)20)4-17-18-9-2-7(14)5(3-16)1-8(9)15/h1-2,4,10H,(H,19,20). The van der Waals surface area contributed by atoms with Crippen LogP contribution in [-0.2, 0) is 4.79 Å². The Balaban J connectivity index is 2.98. The predicted molar refractivity (Wildman–Crippen MR) is 66.8 cm³/mol. The van der Waals surface area contributed by atoms with Crippen LogP contribution in [0.1, 0.15) is 5.56 Å². The molecule has 1 aromatic carbocycles. The lowest BCUT2D eigenvalue weighted by atomic mass is 10.2. The lowest BCUT2D eigenvalue weighted by Gasteiger charge is -1.99. The van der Waals surface area contributed by atoms with Crippen LogP contribution in [0.5, 0.6) is 0 Å². The van der Waals surface area contributed by atoms with Crippen molar-refractivity contribution in [3.63, 3.8) is 0 Å². The molecule has 1 atom stereocenters. The van der Waals surface area contributed by atoms with E-state index in [9.17, 15) is 13.6 Å². The summed E-state index contributed by atoms with van der Waals surface area (Å²) in [4.78, 5) is 10.5. The van der Waals surface area contributed by atoms with Gasteiger partial charge in [0.05, 0.1) is 16.8 Å². The van der Waals surface area contributed by atoms with Crippen molar-refractivity contribution in [2.45, 2.75) is 5.38 Å². The van der Waals surface area contributed by atoms with Gasteiger partial charge in [0.2, 0.25) is 0 Å². The van der Waals surface area contributed by atoms with Gasteiger partial charge in [-0.05, 0) is 6.07 Å². The third-order valence-electron chi connectivity index (χ3n) is 1.96. The molecule has 0 amide bonds. The first kappa shape index (κ1) is 16.0. The third kappa shape index (κ3) is 3.98. The molecule has 9 heteroatoms. The van der Waals surface area contributed by atoms with Crippen LogP contribution in [-0.4, -0.2) is 16.5 Å². The molecule has 0 aliphatic heterocycles. The number of carboxylic acid groups (broad SMARTS) is 1. The van der Waals surface area contributed by atoms with E-state index in [1.165, 1.54) is 6.07 Å². The quantitative estimate of drug-likeness (QED) is 0.678. The minimum Gasteiger partial charge on any atom is -0.480 e. The number of nitrogens with zero attached hydrogens (tertiary/aromatic N) is 3. The van der Waals surface area contributed by atoms with Crippen molar-refractivity contribution in [2.75, 3.05) is 0 Å². The van der Waals surface area contributed by atoms with Crippen LogP contribution in [0.25, 0.3) is 0 Å². The van der Waals surface area contributed by atoms with Crippen LogP contribution >= 0.6 is 23.2 Å². The Labute approximate surface area is 121 Å². The first-order chi connectivity index (χ1) is 9.36. The first-order valence-electron chi connectivity index (χ1n) is 4.89. The van der Waals surface area contributed by atoms with E-state index in [-0.39, 0.29) is 5.03 Å². The summed E-state index contributed by atoms with van der Waals surface area (Å²) >= 11 is 10.9. The van der Waals surface area contributed by atoms with E-state index in [4.69, 9.17) is 33.6 Å². The van der Waals surface area contributed by atoms with Gasteiger partial charge in [-0.15, -0.1) is 16.7 Å². The maximum absolute atomic E-state index is 13.4. The Bertz CT molecular complexity index is 641. The van der Waals surface area contributed by atoms with E-state index in [2.05, 4.69) is 10.2 Å². The zero-order valence-corrected chi connectivity index (χ0v) is 11.0. The van der Waals surface area contributed by atoms with E-state index in [1.807, 2.05) is 0 Å². The third-order valence-corrected chi connectivity index (χ3v) is 2.81. The minimum absolute atomic E-state index is 0.350. The number of rotatable bonds is 4. The second kappa shape index (κ2) is 6.93. The zero-order chi connectivity index (χ0) is 15.3. The van der Waals surface area contributed by atoms with Gasteiger partial charge in [0.1, 0.15) is 17.6 Å². The Morgan fingerprint density at radius 1 is 1.45 bits per heavy atom. The molecule has 0 bridgehead atoms. The fourth-order valence-corrected chi connectivity index (χ4v) is 1.22. The molecule has 0 radical (unpaired) electrons. The van der Waals surface area contributed by atoms with E-state index in [1.54, 1.807) is 0 Å². The topological polar surface area (TPSA) is 85.8 Å². The Morgan fingerprint density at radius 3 is 2.65 bits per heavy atom. The van der Waals surface area contributed by atoms with Gasteiger partial charge in [-0.1, -0.05) is 11.6 Å². The van der Waals surface area contributed by atoms with Crippen molar-refractivity contribution in [2.24, 2.45) is 10.2 Å². The summed E-state index contributed by atoms with van der Waals surface area (Å²) in [7, 11) is 0. The minimum atomic E-state index is -1.52. The van der Waals surface area contributed by atoms with Crippen molar-refractivity contribution >= 4 is 34.9 Å². The van der Waals surface area contributed by atoms with Gasteiger partial charge in [0.15, 0.2) is 11.2 Å². The number of benzene rings is 1. The predicted octanol–water partition coefficient (Wildman–Crippen LogP) is 3.69. The Hall–Kier alpha value is -2.04. The number of hydrogen-bond donors (Lipinski definition) is 1. The number of alkyl halides is 1. The number of nitriles is 1. The van der Waals surface area contributed by atoms with Crippen LogP contribution in [0.2, 0.25) is 0 Å².